The van der Waals surface area contributed by atoms with E-state index < -0.39 is 0 Å². The highest BCUT2D eigenvalue weighted by Crippen LogP contribution is 2.36. The van der Waals surface area contributed by atoms with Crippen LogP contribution >= 0.6 is 11.8 Å². The van der Waals surface area contributed by atoms with Gasteiger partial charge < -0.3 is 15.5 Å². The first-order chi connectivity index (χ1) is 13.4. The van der Waals surface area contributed by atoms with E-state index in [0.29, 0.717) is 35.6 Å². The van der Waals surface area contributed by atoms with Crippen LogP contribution in [0.15, 0.2) is 47.4 Å². The van der Waals surface area contributed by atoms with Crippen molar-refractivity contribution < 1.29 is 14.4 Å². The van der Waals surface area contributed by atoms with Gasteiger partial charge in [-0.15, -0.1) is 11.8 Å². The van der Waals surface area contributed by atoms with E-state index in [1.807, 2.05) is 26.8 Å². The number of carbonyl (C=O) groups excluding carboxylic acids is 3. The number of nitrogens with one attached hydrogen (secondary N) is 2. The van der Waals surface area contributed by atoms with Crippen LogP contribution in [0.4, 0.5) is 11.4 Å². The molecule has 1 aliphatic rings. The van der Waals surface area contributed by atoms with E-state index >= 15 is 0 Å². The van der Waals surface area contributed by atoms with Crippen molar-refractivity contribution in [3.05, 3.63) is 53.6 Å². The molecule has 146 valence electrons. The number of carbonyl (C=O) groups is 3. The average molecular weight is 398 g/mol. The van der Waals surface area contributed by atoms with Gasteiger partial charge >= 0.3 is 0 Å². The summed E-state index contributed by atoms with van der Waals surface area (Å²) in [6, 6.07) is 12.2. The summed E-state index contributed by atoms with van der Waals surface area (Å²) in [7, 11) is 0. The number of fused-ring (bicyclic) bond motifs is 1. The lowest BCUT2D eigenvalue weighted by atomic mass is 10.1. The Kier molecular flexibility index (Phi) is 6.04. The fraction of sp³-hybridized carbons (Fsp3) is 0.286. The van der Waals surface area contributed by atoms with Crippen LogP contribution in [0, 0.1) is 0 Å². The largest absolute Gasteiger partial charge is 0.339 e. The predicted molar refractivity (Wildman–Crippen MR) is 112 cm³/mol. The topological polar surface area (TPSA) is 78.5 Å². The highest BCUT2D eigenvalue weighted by atomic mass is 32.2. The number of thioether (sulfide) groups is 1. The second kappa shape index (κ2) is 8.48. The third-order valence-electron chi connectivity index (χ3n) is 4.59. The van der Waals surface area contributed by atoms with Crippen molar-refractivity contribution in [1.82, 2.24) is 4.90 Å². The zero-order valence-corrected chi connectivity index (χ0v) is 16.9. The Morgan fingerprint density at radius 2 is 1.86 bits per heavy atom. The van der Waals surface area contributed by atoms with Crippen molar-refractivity contribution in [2.75, 3.05) is 23.7 Å². The molecule has 0 fully saturated rings. The molecule has 0 saturated carbocycles. The second-order valence-corrected chi connectivity index (χ2v) is 7.86. The van der Waals surface area contributed by atoms with Gasteiger partial charge in [0.1, 0.15) is 0 Å². The molecule has 1 heterocycles. The van der Waals surface area contributed by atoms with Crippen LogP contribution in [0.1, 0.15) is 41.5 Å². The Morgan fingerprint density at radius 3 is 2.57 bits per heavy atom. The molecule has 2 aromatic carbocycles. The molecule has 1 aliphatic heterocycles. The molecule has 0 saturated heterocycles. The number of hydrogen-bond donors (Lipinski definition) is 2. The zero-order valence-electron chi connectivity index (χ0n) is 16.1. The SMILES string of the molecule is CCN(CC)C(=O)c1cccc(NC(=O)c2ccc3c(c2)NC(=O)C(C)S3)c1. The average Bonchev–Trinajstić information content (AvgIpc) is 2.69. The van der Waals surface area contributed by atoms with E-state index in [1.54, 1.807) is 41.3 Å². The van der Waals surface area contributed by atoms with Gasteiger partial charge in [0.25, 0.3) is 11.8 Å². The minimum atomic E-state index is -0.298. The van der Waals surface area contributed by atoms with Crippen molar-refractivity contribution in [2.45, 2.75) is 30.9 Å². The minimum absolute atomic E-state index is 0.0660. The van der Waals surface area contributed by atoms with Crippen LogP contribution < -0.4 is 10.6 Å². The Bertz CT molecular complexity index is 925. The summed E-state index contributed by atoms with van der Waals surface area (Å²) in [5, 5.41) is 5.50. The van der Waals surface area contributed by atoms with Crippen molar-refractivity contribution in [2.24, 2.45) is 0 Å². The molecule has 28 heavy (non-hydrogen) atoms. The lowest BCUT2D eigenvalue weighted by Gasteiger charge is -2.21. The van der Waals surface area contributed by atoms with Crippen molar-refractivity contribution in [3.63, 3.8) is 0 Å². The van der Waals surface area contributed by atoms with Crippen LogP contribution in [-0.2, 0) is 4.79 Å². The standard InChI is InChI=1S/C21H23N3O3S/c1-4-24(5-2)21(27)15-7-6-8-16(11-15)22-20(26)14-9-10-18-17(12-14)23-19(25)13(3)28-18/h6-13H,4-5H2,1-3H3,(H,22,26)(H,23,25). The molecule has 1 unspecified atom stereocenters. The first-order valence-corrected chi connectivity index (χ1v) is 10.1. The fourth-order valence-electron chi connectivity index (χ4n) is 2.98. The molecular formula is C21H23N3O3S. The highest BCUT2D eigenvalue weighted by Gasteiger charge is 2.24. The van der Waals surface area contributed by atoms with Crippen molar-refractivity contribution in [1.29, 1.82) is 0 Å². The maximum atomic E-state index is 12.6. The van der Waals surface area contributed by atoms with Gasteiger partial charge in [-0.2, -0.15) is 0 Å². The number of amides is 3. The molecule has 7 heteroatoms. The number of rotatable bonds is 5. The summed E-state index contributed by atoms with van der Waals surface area (Å²) >= 11 is 1.47. The zero-order chi connectivity index (χ0) is 20.3. The lowest BCUT2D eigenvalue weighted by Crippen LogP contribution is -2.30. The quantitative estimate of drug-likeness (QED) is 0.803. The van der Waals surface area contributed by atoms with E-state index in [9.17, 15) is 14.4 Å². The van der Waals surface area contributed by atoms with Crippen LogP contribution in [-0.4, -0.2) is 41.0 Å². The van der Waals surface area contributed by atoms with Crippen LogP contribution in [0.5, 0.6) is 0 Å². The molecule has 0 aliphatic carbocycles. The van der Waals surface area contributed by atoms with Gasteiger partial charge in [0.05, 0.1) is 10.9 Å². The predicted octanol–water partition coefficient (Wildman–Crippen LogP) is 3.85. The molecule has 0 radical (unpaired) electrons. The summed E-state index contributed by atoms with van der Waals surface area (Å²) in [4.78, 5) is 39.7. The molecule has 6 nitrogen and oxygen atoms in total. The summed E-state index contributed by atoms with van der Waals surface area (Å²) in [6.07, 6.45) is 0. The maximum absolute atomic E-state index is 12.6. The number of benzene rings is 2. The normalized spacial score (nSPS) is 15.4. The molecule has 2 N–H and O–H groups in total. The molecule has 0 spiro atoms. The van der Waals surface area contributed by atoms with Gasteiger partial charge in [0, 0.05) is 34.8 Å². The summed E-state index contributed by atoms with van der Waals surface area (Å²) in [5.74, 6) is -0.436. The third kappa shape index (κ3) is 4.20. The lowest BCUT2D eigenvalue weighted by molar-refractivity contribution is -0.115. The molecule has 3 amide bonds. The Hall–Kier alpha value is -2.80. The first-order valence-electron chi connectivity index (χ1n) is 9.25. The Morgan fingerprint density at radius 1 is 1.11 bits per heavy atom. The van der Waals surface area contributed by atoms with Crippen molar-refractivity contribution in [3.8, 4) is 0 Å². The van der Waals surface area contributed by atoms with E-state index in [0.717, 1.165) is 4.90 Å². The van der Waals surface area contributed by atoms with E-state index in [2.05, 4.69) is 10.6 Å². The molecular weight excluding hydrogens is 374 g/mol. The monoisotopic (exact) mass is 397 g/mol. The smallest absolute Gasteiger partial charge is 0.255 e. The fourth-order valence-corrected chi connectivity index (χ4v) is 3.91. The van der Waals surface area contributed by atoms with Crippen molar-refractivity contribution >= 4 is 40.9 Å². The molecule has 0 aromatic heterocycles. The van der Waals surface area contributed by atoms with Gasteiger partial charge in [-0.1, -0.05) is 6.07 Å². The van der Waals surface area contributed by atoms with Gasteiger partial charge in [0.15, 0.2) is 0 Å². The molecule has 0 bridgehead atoms. The number of anilines is 2. The van der Waals surface area contributed by atoms with Crippen LogP contribution in [0.25, 0.3) is 0 Å². The van der Waals surface area contributed by atoms with E-state index in [1.165, 1.54) is 11.8 Å². The van der Waals surface area contributed by atoms with Crippen LogP contribution in [0.2, 0.25) is 0 Å². The second-order valence-electron chi connectivity index (χ2n) is 6.47. The van der Waals surface area contributed by atoms with Gasteiger partial charge in [-0.05, 0) is 57.2 Å². The summed E-state index contributed by atoms with van der Waals surface area (Å²) < 4.78 is 0. The number of nitrogens with zero attached hydrogens (tertiary/aromatic N) is 1. The summed E-state index contributed by atoms with van der Waals surface area (Å²) in [6.45, 7) is 6.96. The highest BCUT2D eigenvalue weighted by molar-refractivity contribution is 8.00. The molecule has 3 rings (SSSR count). The van der Waals surface area contributed by atoms with E-state index in [4.69, 9.17) is 0 Å². The third-order valence-corrected chi connectivity index (χ3v) is 5.77. The molecule has 1 atom stereocenters. The van der Waals surface area contributed by atoms with Gasteiger partial charge in [0.2, 0.25) is 5.91 Å². The van der Waals surface area contributed by atoms with E-state index in [-0.39, 0.29) is 23.0 Å². The maximum Gasteiger partial charge on any atom is 0.255 e. The Labute approximate surface area is 168 Å². The van der Waals surface area contributed by atoms with Crippen LogP contribution in [0.3, 0.4) is 0 Å². The van der Waals surface area contributed by atoms with Gasteiger partial charge in [-0.25, -0.2) is 0 Å². The van der Waals surface area contributed by atoms with Gasteiger partial charge in [-0.3, -0.25) is 14.4 Å². The first kappa shape index (κ1) is 19.9. The molecule has 2 aromatic rings. The minimum Gasteiger partial charge on any atom is -0.339 e. The number of hydrogen-bond acceptors (Lipinski definition) is 4. The summed E-state index contributed by atoms with van der Waals surface area (Å²) in [5.41, 5.74) is 2.17. The Balaban J connectivity index is 1.77.